The van der Waals surface area contributed by atoms with Crippen LogP contribution in [0.5, 0.6) is 0 Å². The lowest BCUT2D eigenvalue weighted by Gasteiger charge is -2.25. The number of rotatable bonds is 3. The number of hydrogen-bond donors (Lipinski definition) is 0. The van der Waals surface area contributed by atoms with Crippen LogP contribution in [0.3, 0.4) is 0 Å². The van der Waals surface area contributed by atoms with Gasteiger partial charge in [-0.15, -0.1) is 0 Å². The van der Waals surface area contributed by atoms with Gasteiger partial charge in [-0.25, -0.2) is 19.7 Å². The molecule has 2 aliphatic heterocycles. The summed E-state index contributed by atoms with van der Waals surface area (Å²) in [6.45, 7) is 1.53. The van der Waals surface area contributed by atoms with Crippen LogP contribution in [-0.2, 0) is 4.74 Å². The molecule has 168 valence electrons. The van der Waals surface area contributed by atoms with Crippen molar-refractivity contribution in [3.8, 4) is 11.3 Å². The van der Waals surface area contributed by atoms with E-state index in [1.165, 1.54) is 6.33 Å². The molecule has 2 amide bonds. The van der Waals surface area contributed by atoms with E-state index in [0.717, 1.165) is 17.7 Å². The summed E-state index contributed by atoms with van der Waals surface area (Å²) in [6, 6.07) is 12.5. The Hall–Kier alpha value is -3.52. The SMILES string of the molecule is O=C(c1cccc(-c2cncnc2)n1)N1CCCC2(CC1)CN(c1ccc(Cl)cc1)C(=O)O2. The maximum atomic E-state index is 13.2. The van der Waals surface area contributed by atoms with Gasteiger partial charge < -0.3 is 9.64 Å². The Bertz CT molecular complexity index is 1170. The minimum Gasteiger partial charge on any atom is -0.441 e. The fourth-order valence-corrected chi connectivity index (χ4v) is 4.51. The number of carbonyl (C=O) groups excluding carboxylic acids is 2. The topological polar surface area (TPSA) is 88.5 Å². The Morgan fingerprint density at radius 1 is 1.03 bits per heavy atom. The number of pyridine rings is 1. The van der Waals surface area contributed by atoms with E-state index in [0.29, 0.717) is 48.9 Å². The van der Waals surface area contributed by atoms with Gasteiger partial charge in [-0.05, 0) is 49.2 Å². The van der Waals surface area contributed by atoms with Crippen molar-refractivity contribution in [1.82, 2.24) is 19.9 Å². The smallest absolute Gasteiger partial charge is 0.415 e. The maximum absolute atomic E-state index is 13.2. The van der Waals surface area contributed by atoms with Gasteiger partial charge in [-0.1, -0.05) is 17.7 Å². The Labute approximate surface area is 196 Å². The first-order valence-electron chi connectivity index (χ1n) is 10.8. The van der Waals surface area contributed by atoms with E-state index in [2.05, 4.69) is 15.0 Å². The quantitative estimate of drug-likeness (QED) is 0.578. The van der Waals surface area contributed by atoms with Gasteiger partial charge in [-0.3, -0.25) is 9.69 Å². The molecule has 1 unspecified atom stereocenters. The minimum absolute atomic E-state index is 0.135. The molecule has 4 heterocycles. The van der Waals surface area contributed by atoms with E-state index >= 15 is 0 Å². The number of ether oxygens (including phenoxy) is 1. The summed E-state index contributed by atoms with van der Waals surface area (Å²) in [4.78, 5) is 41.8. The molecule has 1 atom stereocenters. The lowest BCUT2D eigenvalue weighted by Crippen LogP contribution is -2.37. The van der Waals surface area contributed by atoms with E-state index in [9.17, 15) is 9.59 Å². The first-order chi connectivity index (χ1) is 16.0. The van der Waals surface area contributed by atoms with Crippen molar-refractivity contribution in [2.24, 2.45) is 0 Å². The van der Waals surface area contributed by atoms with E-state index in [1.54, 1.807) is 40.4 Å². The second kappa shape index (κ2) is 8.78. The second-order valence-electron chi connectivity index (χ2n) is 8.29. The maximum Gasteiger partial charge on any atom is 0.415 e. The molecule has 1 aromatic carbocycles. The molecular weight excluding hydrogens is 442 g/mol. The largest absolute Gasteiger partial charge is 0.441 e. The van der Waals surface area contributed by atoms with Crippen LogP contribution in [0.1, 0.15) is 29.8 Å². The van der Waals surface area contributed by atoms with Crippen LogP contribution in [0.2, 0.25) is 5.02 Å². The summed E-state index contributed by atoms with van der Waals surface area (Å²) >= 11 is 5.98. The summed E-state index contributed by atoms with van der Waals surface area (Å²) in [6.07, 6.45) is 6.43. The molecule has 0 radical (unpaired) electrons. The fraction of sp³-hybridized carbons (Fsp3) is 0.292. The second-order valence-corrected chi connectivity index (χ2v) is 8.73. The number of amides is 2. The van der Waals surface area contributed by atoms with Gasteiger partial charge in [0.1, 0.15) is 17.6 Å². The van der Waals surface area contributed by atoms with E-state index in [-0.39, 0.29) is 12.0 Å². The van der Waals surface area contributed by atoms with Gasteiger partial charge in [0, 0.05) is 48.2 Å². The van der Waals surface area contributed by atoms with Crippen molar-refractivity contribution < 1.29 is 14.3 Å². The zero-order valence-corrected chi connectivity index (χ0v) is 18.6. The molecule has 1 spiro atoms. The number of likely N-dealkylation sites (tertiary alicyclic amines) is 1. The van der Waals surface area contributed by atoms with Crippen molar-refractivity contribution in [3.63, 3.8) is 0 Å². The molecule has 33 heavy (non-hydrogen) atoms. The van der Waals surface area contributed by atoms with Crippen LogP contribution < -0.4 is 4.90 Å². The summed E-state index contributed by atoms with van der Waals surface area (Å²) in [7, 11) is 0. The average molecular weight is 464 g/mol. The average Bonchev–Trinajstić information content (AvgIpc) is 3.03. The van der Waals surface area contributed by atoms with Gasteiger partial charge in [0.15, 0.2) is 0 Å². The van der Waals surface area contributed by atoms with Crippen molar-refractivity contribution in [1.29, 1.82) is 0 Å². The van der Waals surface area contributed by atoms with Gasteiger partial charge in [-0.2, -0.15) is 0 Å². The van der Waals surface area contributed by atoms with Crippen molar-refractivity contribution in [2.45, 2.75) is 24.9 Å². The van der Waals surface area contributed by atoms with Crippen LogP contribution in [0.15, 0.2) is 61.2 Å². The van der Waals surface area contributed by atoms with E-state index in [4.69, 9.17) is 16.3 Å². The lowest BCUT2D eigenvalue weighted by molar-refractivity contribution is 0.0438. The summed E-state index contributed by atoms with van der Waals surface area (Å²) < 4.78 is 5.86. The van der Waals surface area contributed by atoms with Crippen LogP contribution in [0.25, 0.3) is 11.3 Å². The Morgan fingerprint density at radius 3 is 2.61 bits per heavy atom. The van der Waals surface area contributed by atoms with Crippen molar-refractivity contribution in [3.05, 3.63) is 71.9 Å². The zero-order valence-electron chi connectivity index (χ0n) is 17.9. The van der Waals surface area contributed by atoms with E-state index in [1.807, 2.05) is 24.3 Å². The number of nitrogens with zero attached hydrogens (tertiary/aromatic N) is 5. The van der Waals surface area contributed by atoms with Crippen LogP contribution in [-0.4, -0.2) is 57.1 Å². The first kappa shape index (κ1) is 21.3. The molecule has 0 saturated carbocycles. The number of hydrogen-bond acceptors (Lipinski definition) is 6. The highest BCUT2D eigenvalue weighted by molar-refractivity contribution is 6.30. The number of carbonyl (C=O) groups is 2. The number of halogens is 1. The molecule has 2 saturated heterocycles. The molecule has 0 N–H and O–H groups in total. The van der Waals surface area contributed by atoms with Crippen LogP contribution in [0, 0.1) is 0 Å². The van der Waals surface area contributed by atoms with Gasteiger partial charge in [0.2, 0.25) is 0 Å². The van der Waals surface area contributed by atoms with Crippen LogP contribution >= 0.6 is 11.6 Å². The highest BCUT2D eigenvalue weighted by atomic mass is 35.5. The van der Waals surface area contributed by atoms with Gasteiger partial charge >= 0.3 is 6.09 Å². The molecule has 5 rings (SSSR count). The molecule has 9 heteroatoms. The molecule has 3 aromatic rings. The summed E-state index contributed by atoms with van der Waals surface area (Å²) in [5.74, 6) is -0.135. The molecular formula is C24H22ClN5O3. The van der Waals surface area contributed by atoms with Gasteiger partial charge in [0.05, 0.1) is 12.2 Å². The molecule has 0 bridgehead atoms. The Balaban J connectivity index is 1.29. The highest BCUT2D eigenvalue weighted by Crippen LogP contribution is 2.36. The van der Waals surface area contributed by atoms with Crippen LogP contribution in [0.4, 0.5) is 10.5 Å². The molecule has 2 fully saturated rings. The Kier molecular flexibility index (Phi) is 5.68. The minimum atomic E-state index is -0.609. The third kappa shape index (κ3) is 4.39. The summed E-state index contributed by atoms with van der Waals surface area (Å²) in [5, 5.41) is 0.613. The number of aromatic nitrogens is 3. The standard InChI is InChI=1S/C24H22ClN5O3/c25-18-5-7-19(8-6-18)30-15-24(33-23(30)32)9-2-11-29(12-10-24)22(31)21-4-1-3-20(28-21)17-13-26-16-27-14-17/h1,3-8,13-14,16H,2,9-12,15H2. The summed E-state index contributed by atoms with van der Waals surface area (Å²) in [5.41, 5.74) is 1.92. The van der Waals surface area contributed by atoms with Crippen molar-refractivity contribution in [2.75, 3.05) is 24.5 Å². The predicted octanol–water partition coefficient (Wildman–Crippen LogP) is 4.21. The molecule has 2 aromatic heterocycles. The third-order valence-corrected chi connectivity index (χ3v) is 6.37. The third-order valence-electron chi connectivity index (χ3n) is 6.12. The number of anilines is 1. The number of benzene rings is 1. The zero-order chi connectivity index (χ0) is 22.8. The predicted molar refractivity (Wildman–Crippen MR) is 123 cm³/mol. The molecule has 0 aliphatic carbocycles. The van der Waals surface area contributed by atoms with Crippen molar-refractivity contribution >= 4 is 29.3 Å². The fourth-order valence-electron chi connectivity index (χ4n) is 4.38. The lowest BCUT2D eigenvalue weighted by atomic mass is 9.95. The van der Waals surface area contributed by atoms with E-state index < -0.39 is 5.60 Å². The molecule has 8 nitrogen and oxygen atoms in total. The monoisotopic (exact) mass is 463 g/mol. The normalized spacial score (nSPS) is 20.6. The molecule has 2 aliphatic rings. The van der Waals surface area contributed by atoms with Gasteiger partial charge in [0.25, 0.3) is 5.91 Å². The Morgan fingerprint density at radius 2 is 1.82 bits per heavy atom. The first-order valence-corrected chi connectivity index (χ1v) is 11.2. The highest BCUT2D eigenvalue weighted by Gasteiger charge is 2.46.